The number of aryl methyl sites for hydroxylation is 1. The molecular formula is C24H21N3O5S2. The molecule has 4 aromatic rings. The Kier molecular flexibility index (Phi) is 6.53. The number of hydrogen-bond acceptors (Lipinski definition) is 7. The Morgan fingerprint density at radius 1 is 1.00 bits per heavy atom. The number of rotatable bonds is 7. The zero-order chi connectivity index (χ0) is 24.3. The lowest BCUT2D eigenvalue weighted by Gasteiger charge is -2.13. The summed E-state index contributed by atoms with van der Waals surface area (Å²) in [5.74, 6) is -0.414. The number of anilines is 2. The van der Waals surface area contributed by atoms with Gasteiger partial charge in [-0.15, -0.1) is 11.3 Å². The number of thiazole rings is 1. The van der Waals surface area contributed by atoms with E-state index < -0.39 is 15.9 Å². The van der Waals surface area contributed by atoms with Gasteiger partial charge in [0.05, 0.1) is 29.1 Å². The summed E-state index contributed by atoms with van der Waals surface area (Å²) >= 11 is 1.21. The molecule has 0 fully saturated rings. The molecule has 0 aliphatic heterocycles. The first-order valence-electron chi connectivity index (χ1n) is 10.1. The van der Waals surface area contributed by atoms with Gasteiger partial charge in [0, 0.05) is 5.56 Å². The second-order valence-electron chi connectivity index (χ2n) is 7.24. The predicted molar refractivity (Wildman–Crippen MR) is 132 cm³/mol. The quantitative estimate of drug-likeness (QED) is 0.314. The third-order valence-corrected chi connectivity index (χ3v) is 7.47. The second kappa shape index (κ2) is 9.54. The molecule has 3 N–H and O–H groups in total. The number of para-hydroxylation sites is 2. The summed E-state index contributed by atoms with van der Waals surface area (Å²) in [5, 5.41) is 13.5. The van der Waals surface area contributed by atoms with Crippen molar-refractivity contribution < 1.29 is 23.1 Å². The van der Waals surface area contributed by atoms with E-state index in [-0.39, 0.29) is 22.0 Å². The average Bonchev–Trinajstić information content (AvgIpc) is 3.23. The molecule has 34 heavy (non-hydrogen) atoms. The summed E-state index contributed by atoms with van der Waals surface area (Å²) in [4.78, 5) is 17.6. The van der Waals surface area contributed by atoms with Crippen LogP contribution in [-0.4, -0.2) is 31.5 Å². The number of phenols is 1. The van der Waals surface area contributed by atoms with Gasteiger partial charge in [-0.2, -0.15) is 0 Å². The summed E-state index contributed by atoms with van der Waals surface area (Å²) < 4.78 is 33.5. The number of amides is 1. The van der Waals surface area contributed by atoms with Crippen LogP contribution in [0.2, 0.25) is 0 Å². The number of benzene rings is 3. The number of sulfonamides is 1. The lowest BCUT2D eigenvalue weighted by molar-refractivity contribution is 0.102. The molecule has 0 radical (unpaired) electrons. The molecule has 0 unspecified atom stereocenters. The molecule has 4 rings (SSSR count). The smallest absolute Gasteiger partial charge is 0.267 e. The van der Waals surface area contributed by atoms with Gasteiger partial charge in [0.15, 0.2) is 0 Å². The Morgan fingerprint density at radius 2 is 1.71 bits per heavy atom. The molecule has 8 nitrogen and oxygen atoms in total. The van der Waals surface area contributed by atoms with E-state index in [0.29, 0.717) is 21.3 Å². The summed E-state index contributed by atoms with van der Waals surface area (Å²) in [6.07, 6.45) is 0. The Balaban J connectivity index is 1.59. The van der Waals surface area contributed by atoms with Gasteiger partial charge in [-0.1, -0.05) is 42.5 Å². The first-order valence-corrected chi connectivity index (χ1v) is 12.4. The van der Waals surface area contributed by atoms with Gasteiger partial charge >= 0.3 is 0 Å². The Bertz CT molecular complexity index is 1450. The maximum Gasteiger partial charge on any atom is 0.267 e. The number of aromatic nitrogens is 1. The van der Waals surface area contributed by atoms with E-state index in [1.165, 1.54) is 36.6 Å². The summed E-state index contributed by atoms with van der Waals surface area (Å²) in [6.45, 7) is 1.72. The highest BCUT2D eigenvalue weighted by molar-refractivity contribution is 7.92. The van der Waals surface area contributed by atoms with Crippen LogP contribution in [0.4, 0.5) is 11.4 Å². The average molecular weight is 496 g/mol. The molecule has 0 aliphatic carbocycles. The largest absolute Gasteiger partial charge is 0.506 e. The van der Waals surface area contributed by atoms with E-state index in [4.69, 9.17) is 4.74 Å². The third kappa shape index (κ3) is 4.87. The molecule has 0 atom stereocenters. The van der Waals surface area contributed by atoms with Crippen LogP contribution >= 0.6 is 11.3 Å². The van der Waals surface area contributed by atoms with Gasteiger partial charge in [0.25, 0.3) is 15.9 Å². The number of carbonyl (C=O) groups is 1. The van der Waals surface area contributed by atoms with Crippen molar-refractivity contribution in [1.82, 2.24) is 4.98 Å². The van der Waals surface area contributed by atoms with Crippen LogP contribution in [0.15, 0.2) is 77.7 Å². The van der Waals surface area contributed by atoms with Gasteiger partial charge < -0.3 is 15.2 Å². The van der Waals surface area contributed by atoms with E-state index >= 15 is 0 Å². The Hall–Kier alpha value is -3.89. The topological polar surface area (TPSA) is 118 Å². The van der Waals surface area contributed by atoms with Crippen LogP contribution in [0, 0.1) is 6.92 Å². The number of carbonyl (C=O) groups excluding carboxylic acids is 1. The van der Waals surface area contributed by atoms with E-state index in [9.17, 15) is 18.3 Å². The van der Waals surface area contributed by atoms with E-state index in [2.05, 4.69) is 15.0 Å². The van der Waals surface area contributed by atoms with Gasteiger partial charge in [-0.05, 0) is 37.3 Å². The monoisotopic (exact) mass is 495 g/mol. The number of hydrogen-bond donors (Lipinski definition) is 3. The van der Waals surface area contributed by atoms with Crippen molar-refractivity contribution in [2.24, 2.45) is 0 Å². The van der Waals surface area contributed by atoms with Crippen LogP contribution in [0.5, 0.6) is 11.5 Å². The Labute approximate surface area is 200 Å². The summed E-state index contributed by atoms with van der Waals surface area (Å²) in [7, 11) is -2.59. The number of nitrogens with zero attached hydrogens (tertiary/aromatic N) is 1. The molecule has 1 amide bonds. The Morgan fingerprint density at radius 3 is 2.44 bits per heavy atom. The van der Waals surface area contributed by atoms with Crippen LogP contribution in [0.25, 0.3) is 10.6 Å². The van der Waals surface area contributed by atoms with Crippen molar-refractivity contribution in [2.75, 3.05) is 17.1 Å². The van der Waals surface area contributed by atoms with Gasteiger partial charge in [0.2, 0.25) is 0 Å². The van der Waals surface area contributed by atoms with Gasteiger partial charge in [-0.25, -0.2) is 13.4 Å². The predicted octanol–water partition coefficient (Wildman–Crippen LogP) is 4.89. The SMILES string of the molecule is COc1ccccc1NS(=O)(=O)c1ccc(O)c(NC(=O)c2sc(-c3ccccc3)nc2C)c1. The molecule has 174 valence electrons. The van der Waals surface area contributed by atoms with E-state index in [0.717, 1.165) is 5.56 Å². The molecule has 1 aromatic heterocycles. The number of methoxy groups -OCH3 is 1. The first kappa shape index (κ1) is 23.3. The molecule has 3 aromatic carbocycles. The molecule has 0 bridgehead atoms. The van der Waals surface area contributed by atoms with Gasteiger partial charge in [0.1, 0.15) is 21.4 Å². The molecule has 1 heterocycles. The molecule has 0 spiro atoms. The van der Waals surface area contributed by atoms with Crippen LogP contribution in [-0.2, 0) is 10.0 Å². The van der Waals surface area contributed by atoms with Crippen molar-refractivity contribution in [3.63, 3.8) is 0 Å². The van der Waals surface area contributed by atoms with Crippen molar-refractivity contribution in [1.29, 1.82) is 0 Å². The fraction of sp³-hybridized carbons (Fsp3) is 0.0833. The third-order valence-electron chi connectivity index (χ3n) is 4.90. The maximum absolute atomic E-state index is 12.9. The maximum atomic E-state index is 12.9. The zero-order valence-corrected chi connectivity index (χ0v) is 19.9. The van der Waals surface area contributed by atoms with E-state index in [1.807, 2.05) is 30.3 Å². The normalized spacial score (nSPS) is 11.1. The number of phenolic OH excluding ortho intramolecular Hbond substituents is 1. The summed E-state index contributed by atoms with van der Waals surface area (Å²) in [6, 6.07) is 19.7. The molecule has 0 saturated heterocycles. The van der Waals surface area contributed by atoms with Crippen LogP contribution < -0.4 is 14.8 Å². The number of ether oxygens (including phenoxy) is 1. The minimum absolute atomic E-state index is 0.0398. The number of aromatic hydroxyl groups is 1. The van der Waals surface area contributed by atoms with Crippen molar-refractivity contribution in [3.8, 4) is 22.1 Å². The standard InChI is InChI=1S/C24H21N3O5S2/c1-15-22(33-24(25-15)16-8-4-3-5-9-16)23(29)26-19-14-17(12-13-20(19)28)34(30,31)27-18-10-6-7-11-21(18)32-2/h3-14,27-28H,1-2H3,(H,26,29). The van der Waals surface area contributed by atoms with Crippen LogP contribution in [0.1, 0.15) is 15.4 Å². The fourth-order valence-electron chi connectivity index (χ4n) is 3.21. The lowest BCUT2D eigenvalue weighted by Crippen LogP contribution is -2.15. The molecule has 0 saturated carbocycles. The zero-order valence-electron chi connectivity index (χ0n) is 18.3. The van der Waals surface area contributed by atoms with Crippen molar-refractivity contribution >= 4 is 38.6 Å². The molecule has 10 heteroatoms. The van der Waals surface area contributed by atoms with Crippen LogP contribution in [0.3, 0.4) is 0 Å². The fourth-order valence-corrected chi connectivity index (χ4v) is 5.27. The second-order valence-corrected chi connectivity index (χ2v) is 9.92. The molecule has 0 aliphatic rings. The van der Waals surface area contributed by atoms with E-state index in [1.54, 1.807) is 31.2 Å². The highest BCUT2D eigenvalue weighted by Gasteiger charge is 2.21. The minimum Gasteiger partial charge on any atom is -0.506 e. The number of nitrogens with one attached hydrogen (secondary N) is 2. The van der Waals surface area contributed by atoms with Crippen molar-refractivity contribution in [3.05, 3.63) is 83.4 Å². The highest BCUT2D eigenvalue weighted by atomic mass is 32.2. The summed E-state index contributed by atoms with van der Waals surface area (Å²) in [5.41, 5.74) is 1.63. The van der Waals surface area contributed by atoms with Gasteiger partial charge in [-0.3, -0.25) is 9.52 Å². The first-order chi connectivity index (χ1) is 16.3. The molecular weight excluding hydrogens is 474 g/mol. The van der Waals surface area contributed by atoms with Crippen molar-refractivity contribution in [2.45, 2.75) is 11.8 Å². The lowest BCUT2D eigenvalue weighted by atomic mass is 10.2. The highest BCUT2D eigenvalue weighted by Crippen LogP contribution is 2.32. The minimum atomic E-state index is -4.03.